The average molecular weight is 486 g/mol. The van der Waals surface area contributed by atoms with Gasteiger partial charge < -0.3 is 5.11 Å². The number of rotatable bonds is 6. The van der Waals surface area contributed by atoms with Crippen molar-refractivity contribution in [1.29, 1.82) is 0 Å². The fourth-order valence-corrected chi connectivity index (χ4v) is 3.95. The number of nitro groups is 1. The summed E-state index contributed by atoms with van der Waals surface area (Å²) < 4.78 is 0.897. The van der Waals surface area contributed by atoms with Crippen molar-refractivity contribution in [2.75, 3.05) is 0 Å². The van der Waals surface area contributed by atoms with E-state index < -0.39 is 28.1 Å². The molecule has 9 heteroatoms. The molecule has 8 nitrogen and oxygen atoms in total. The summed E-state index contributed by atoms with van der Waals surface area (Å²) in [6.45, 7) is 1.87. The molecule has 0 radical (unpaired) electrons. The number of nitrogens with one attached hydrogen (secondary N) is 1. The Morgan fingerprint density at radius 2 is 1.87 bits per heavy atom. The summed E-state index contributed by atoms with van der Waals surface area (Å²) in [6.07, 6.45) is 3.52. The largest absolute Gasteiger partial charge is 0.480 e. The number of amides is 1. The summed E-state index contributed by atoms with van der Waals surface area (Å²) in [5.41, 5.74) is 2.73. The van der Waals surface area contributed by atoms with Gasteiger partial charge in [-0.3, -0.25) is 19.7 Å². The Hall–Kier alpha value is -3.33. The Kier molecular flexibility index (Phi) is 6.65. The lowest BCUT2D eigenvalue weighted by Crippen LogP contribution is -2.50. The van der Waals surface area contributed by atoms with Gasteiger partial charge in [-0.1, -0.05) is 51.8 Å². The van der Waals surface area contributed by atoms with Crippen LogP contribution in [-0.2, 0) is 9.59 Å². The summed E-state index contributed by atoms with van der Waals surface area (Å²) >= 11 is 3.34. The summed E-state index contributed by atoms with van der Waals surface area (Å²) in [5.74, 6) is -2.70. The Bertz CT molecular complexity index is 1060. The van der Waals surface area contributed by atoms with Gasteiger partial charge in [0.1, 0.15) is 0 Å². The van der Waals surface area contributed by atoms with E-state index in [1.165, 1.54) is 30.5 Å². The van der Waals surface area contributed by atoms with Crippen LogP contribution < -0.4 is 5.43 Å². The Morgan fingerprint density at radius 3 is 2.45 bits per heavy atom. The number of carbonyl (C=O) groups excluding carboxylic acids is 1. The molecule has 160 valence electrons. The molecule has 3 rings (SSSR count). The van der Waals surface area contributed by atoms with Crippen molar-refractivity contribution in [3.05, 3.63) is 85.9 Å². The van der Waals surface area contributed by atoms with Gasteiger partial charge in [0.2, 0.25) is 0 Å². The molecule has 0 heterocycles. The van der Waals surface area contributed by atoms with Gasteiger partial charge in [-0.15, -0.1) is 0 Å². The van der Waals surface area contributed by atoms with Crippen molar-refractivity contribution in [1.82, 2.24) is 5.43 Å². The Morgan fingerprint density at radius 1 is 1.23 bits per heavy atom. The molecule has 0 bridgehead atoms. The molecule has 0 aliphatic heterocycles. The number of aliphatic carboxylic acids is 1. The number of allylic oxidation sites excluding steroid dienone is 2. The van der Waals surface area contributed by atoms with Gasteiger partial charge in [0.05, 0.1) is 11.1 Å². The average Bonchev–Trinajstić information content (AvgIpc) is 2.75. The zero-order valence-corrected chi connectivity index (χ0v) is 18.2. The molecule has 2 N–H and O–H groups in total. The highest BCUT2D eigenvalue weighted by atomic mass is 79.9. The second kappa shape index (κ2) is 9.22. The van der Waals surface area contributed by atoms with Gasteiger partial charge >= 0.3 is 5.97 Å². The number of hydrogen-bond donors (Lipinski definition) is 2. The first kappa shape index (κ1) is 22.4. The fraction of sp³-hybridized carbons (Fsp3) is 0.227. The molecule has 2 aromatic rings. The molecule has 0 aromatic heterocycles. The third kappa shape index (κ3) is 4.72. The van der Waals surface area contributed by atoms with Crippen LogP contribution >= 0.6 is 15.9 Å². The number of carbonyl (C=O) groups is 2. The van der Waals surface area contributed by atoms with Crippen LogP contribution in [0.1, 0.15) is 36.8 Å². The minimum absolute atomic E-state index is 0.00451. The van der Waals surface area contributed by atoms with Crippen LogP contribution in [-0.4, -0.2) is 28.1 Å². The van der Waals surface area contributed by atoms with E-state index in [0.717, 1.165) is 15.6 Å². The van der Waals surface area contributed by atoms with Crippen LogP contribution in [0.25, 0.3) is 0 Å². The number of halogens is 1. The van der Waals surface area contributed by atoms with E-state index in [2.05, 4.69) is 26.5 Å². The van der Waals surface area contributed by atoms with E-state index in [1.807, 2.05) is 19.1 Å². The third-order valence-corrected chi connectivity index (χ3v) is 5.96. The lowest BCUT2D eigenvalue weighted by molar-refractivity contribution is -0.384. The van der Waals surface area contributed by atoms with Crippen LogP contribution in [0.3, 0.4) is 0 Å². The summed E-state index contributed by atoms with van der Waals surface area (Å²) in [4.78, 5) is 36.0. The zero-order valence-electron chi connectivity index (χ0n) is 16.6. The summed E-state index contributed by atoms with van der Waals surface area (Å²) in [6, 6.07) is 12.9. The van der Waals surface area contributed by atoms with Crippen molar-refractivity contribution < 1.29 is 19.6 Å². The number of hydrazone groups is 1. The molecule has 2 atom stereocenters. The fourth-order valence-electron chi connectivity index (χ4n) is 3.69. The first-order valence-corrected chi connectivity index (χ1v) is 10.3. The van der Waals surface area contributed by atoms with Gasteiger partial charge in [0, 0.05) is 22.5 Å². The predicted octanol–water partition coefficient (Wildman–Crippen LogP) is 4.40. The molecular weight excluding hydrogens is 466 g/mol. The molecule has 0 fully saturated rings. The van der Waals surface area contributed by atoms with E-state index in [0.29, 0.717) is 12.0 Å². The number of nitrogens with zero attached hydrogens (tertiary/aromatic N) is 2. The van der Waals surface area contributed by atoms with Gasteiger partial charge in [0.25, 0.3) is 11.6 Å². The lowest BCUT2D eigenvalue weighted by atomic mass is 9.64. The minimum atomic E-state index is -1.79. The minimum Gasteiger partial charge on any atom is -0.480 e. The van der Waals surface area contributed by atoms with Gasteiger partial charge in [-0.05, 0) is 43.0 Å². The number of non-ortho nitro benzene ring substituents is 1. The van der Waals surface area contributed by atoms with Crippen molar-refractivity contribution in [3.63, 3.8) is 0 Å². The maximum atomic E-state index is 13.1. The van der Waals surface area contributed by atoms with E-state index in [9.17, 15) is 24.8 Å². The highest BCUT2D eigenvalue weighted by Gasteiger charge is 2.53. The van der Waals surface area contributed by atoms with E-state index >= 15 is 0 Å². The molecule has 2 aromatic carbocycles. The summed E-state index contributed by atoms with van der Waals surface area (Å²) in [5, 5.41) is 25.0. The third-order valence-electron chi connectivity index (χ3n) is 5.44. The van der Waals surface area contributed by atoms with Gasteiger partial charge in [0.15, 0.2) is 5.41 Å². The van der Waals surface area contributed by atoms with Crippen molar-refractivity contribution in [3.8, 4) is 0 Å². The number of carboxylic acids is 1. The van der Waals surface area contributed by atoms with Crippen molar-refractivity contribution in [2.45, 2.75) is 25.7 Å². The van der Waals surface area contributed by atoms with E-state index in [-0.39, 0.29) is 12.1 Å². The molecule has 0 spiro atoms. The van der Waals surface area contributed by atoms with Crippen molar-refractivity contribution in [2.24, 2.45) is 10.5 Å². The smallest absolute Gasteiger partial charge is 0.320 e. The number of hydrogen-bond acceptors (Lipinski definition) is 5. The van der Waals surface area contributed by atoms with Crippen LogP contribution in [0.4, 0.5) is 5.69 Å². The summed E-state index contributed by atoms with van der Waals surface area (Å²) in [7, 11) is 0. The number of nitro benzene ring substituents is 1. The Labute approximate surface area is 186 Å². The first-order chi connectivity index (χ1) is 14.7. The molecule has 0 saturated heterocycles. The van der Waals surface area contributed by atoms with Crippen LogP contribution in [0.5, 0.6) is 0 Å². The molecule has 1 aliphatic rings. The van der Waals surface area contributed by atoms with E-state index in [4.69, 9.17) is 0 Å². The molecule has 2 unspecified atom stereocenters. The molecule has 1 aliphatic carbocycles. The lowest BCUT2D eigenvalue weighted by Gasteiger charge is -2.38. The number of carboxylic acid groups (broad SMARTS) is 1. The zero-order chi connectivity index (χ0) is 22.6. The highest BCUT2D eigenvalue weighted by molar-refractivity contribution is 9.10. The monoisotopic (exact) mass is 485 g/mol. The molecule has 1 amide bonds. The number of benzene rings is 2. The van der Waals surface area contributed by atoms with Crippen molar-refractivity contribution >= 4 is 39.7 Å². The normalized spacial score (nSPS) is 20.8. The maximum Gasteiger partial charge on any atom is 0.320 e. The van der Waals surface area contributed by atoms with Crippen LogP contribution in [0.15, 0.2) is 69.8 Å². The van der Waals surface area contributed by atoms with Gasteiger partial charge in [-0.2, -0.15) is 5.10 Å². The molecular formula is C22H20BrN3O5. The van der Waals surface area contributed by atoms with Crippen LogP contribution in [0.2, 0.25) is 0 Å². The van der Waals surface area contributed by atoms with Crippen LogP contribution in [0, 0.1) is 15.5 Å². The molecule has 31 heavy (non-hydrogen) atoms. The van der Waals surface area contributed by atoms with E-state index in [1.54, 1.807) is 18.2 Å². The highest BCUT2D eigenvalue weighted by Crippen LogP contribution is 2.47. The second-order valence-corrected chi connectivity index (χ2v) is 8.30. The SMILES string of the molecule is CC1=CCC(C(=O)O)(C(=O)NN=Cc2ccc(Br)cc2)C(c2ccc([N+](=O)[O-])cc2)C1. The second-order valence-electron chi connectivity index (χ2n) is 7.39. The topological polar surface area (TPSA) is 122 Å². The first-order valence-electron chi connectivity index (χ1n) is 9.46. The molecule has 0 saturated carbocycles. The van der Waals surface area contributed by atoms with Gasteiger partial charge in [-0.25, -0.2) is 5.43 Å². The Balaban J connectivity index is 1.92. The quantitative estimate of drug-likeness (QED) is 0.206. The predicted molar refractivity (Wildman–Crippen MR) is 119 cm³/mol. The standard InChI is InChI=1S/C22H20BrN3O5/c1-14-10-11-22(21(28)29,19(12-14)16-4-8-18(9-5-16)26(30)31)20(27)25-24-13-15-2-6-17(23)7-3-15/h2-10,13,19H,11-12H2,1H3,(H,25,27)(H,28,29). The maximum absolute atomic E-state index is 13.1.